The highest BCUT2D eigenvalue weighted by molar-refractivity contribution is 5.89. The van der Waals surface area contributed by atoms with Crippen LogP contribution in [0.15, 0.2) is 18.3 Å². The van der Waals surface area contributed by atoms with Crippen molar-refractivity contribution in [2.75, 3.05) is 0 Å². The number of H-pyrrole nitrogens is 1. The van der Waals surface area contributed by atoms with Crippen LogP contribution in [0.2, 0.25) is 0 Å². The first-order chi connectivity index (χ1) is 8.93. The number of aromatic nitrogens is 1. The van der Waals surface area contributed by atoms with Gasteiger partial charge < -0.3 is 9.72 Å². The third-order valence-corrected chi connectivity index (χ3v) is 2.18. The van der Waals surface area contributed by atoms with E-state index in [1.54, 1.807) is 0 Å². The van der Waals surface area contributed by atoms with Crippen LogP contribution in [-0.2, 0) is 0 Å². The standard InChI is InChI=1S/C11H4F5NO2/c12-5-6(13)8(15)10(9(16)7(5)14)19-11(18)4-2-1-3-17-4/h1-3,17H. The Hall–Kier alpha value is -2.38. The second-order valence-corrected chi connectivity index (χ2v) is 3.37. The highest BCUT2D eigenvalue weighted by Crippen LogP contribution is 2.29. The molecule has 0 atom stereocenters. The number of hydrogen-bond donors (Lipinski definition) is 1. The molecular formula is C11H4F5NO2. The second-order valence-electron chi connectivity index (χ2n) is 3.37. The quantitative estimate of drug-likeness (QED) is 0.301. The van der Waals surface area contributed by atoms with Crippen molar-refractivity contribution >= 4 is 5.97 Å². The van der Waals surface area contributed by atoms with Gasteiger partial charge in [0.2, 0.25) is 34.8 Å². The van der Waals surface area contributed by atoms with Crippen LogP contribution < -0.4 is 4.74 Å². The molecule has 100 valence electrons. The van der Waals surface area contributed by atoms with Gasteiger partial charge in [-0.3, -0.25) is 0 Å². The monoisotopic (exact) mass is 277 g/mol. The lowest BCUT2D eigenvalue weighted by Crippen LogP contribution is -2.14. The zero-order valence-electron chi connectivity index (χ0n) is 8.94. The van der Waals surface area contributed by atoms with E-state index >= 15 is 0 Å². The minimum absolute atomic E-state index is 0.205. The number of rotatable bonds is 2. The first-order valence-electron chi connectivity index (χ1n) is 4.80. The van der Waals surface area contributed by atoms with E-state index in [-0.39, 0.29) is 5.69 Å². The van der Waals surface area contributed by atoms with Gasteiger partial charge in [0, 0.05) is 6.20 Å². The van der Waals surface area contributed by atoms with Crippen molar-refractivity contribution in [3.05, 3.63) is 53.1 Å². The predicted octanol–water partition coefficient (Wildman–Crippen LogP) is 2.93. The van der Waals surface area contributed by atoms with Crippen molar-refractivity contribution in [1.82, 2.24) is 4.98 Å². The minimum atomic E-state index is -2.32. The number of halogens is 5. The zero-order chi connectivity index (χ0) is 14.2. The molecule has 1 N–H and O–H groups in total. The van der Waals surface area contributed by atoms with E-state index in [1.165, 1.54) is 18.3 Å². The Morgan fingerprint density at radius 1 is 0.947 bits per heavy atom. The van der Waals surface area contributed by atoms with Crippen LogP contribution in [0.3, 0.4) is 0 Å². The second kappa shape index (κ2) is 4.71. The van der Waals surface area contributed by atoms with Gasteiger partial charge in [-0.2, -0.15) is 8.78 Å². The van der Waals surface area contributed by atoms with Gasteiger partial charge in [0.05, 0.1) is 0 Å². The molecule has 3 nitrogen and oxygen atoms in total. The molecule has 0 amide bonds. The third kappa shape index (κ3) is 2.16. The van der Waals surface area contributed by atoms with Crippen molar-refractivity contribution in [2.24, 2.45) is 0 Å². The van der Waals surface area contributed by atoms with Crippen molar-refractivity contribution < 1.29 is 31.5 Å². The Labute approximate surface area is 102 Å². The number of carbonyl (C=O) groups excluding carboxylic acids is 1. The van der Waals surface area contributed by atoms with Crippen LogP contribution >= 0.6 is 0 Å². The predicted molar refractivity (Wildman–Crippen MR) is 52.0 cm³/mol. The van der Waals surface area contributed by atoms with Crippen molar-refractivity contribution in [2.45, 2.75) is 0 Å². The summed E-state index contributed by atoms with van der Waals surface area (Å²) in [6.07, 6.45) is 1.31. The Bertz CT molecular complexity index is 610. The fourth-order valence-corrected chi connectivity index (χ4v) is 1.28. The number of nitrogens with one attached hydrogen (secondary N) is 1. The smallest absolute Gasteiger partial charge is 0.360 e. The molecule has 0 aliphatic heterocycles. The largest absolute Gasteiger partial charge is 0.415 e. The number of esters is 1. The maximum absolute atomic E-state index is 13.2. The van der Waals surface area contributed by atoms with Crippen molar-refractivity contribution in [3.63, 3.8) is 0 Å². The maximum Gasteiger partial charge on any atom is 0.360 e. The molecule has 2 aromatic rings. The van der Waals surface area contributed by atoms with E-state index in [4.69, 9.17) is 0 Å². The molecule has 0 aliphatic carbocycles. The molecule has 0 spiro atoms. The lowest BCUT2D eigenvalue weighted by Gasteiger charge is -2.07. The van der Waals surface area contributed by atoms with Gasteiger partial charge in [-0.1, -0.05) is 0 Å². The van der Waals surface area contributed by atoms with E-state index in [0.717, 1.165) is 0 Å². The van der Waals surface area contributed by atoms with Crippen LogP contribution in [0.4, 0.5) is 22.0 Å². The van der Waals surface area contributed by atoms with Crippen LogP contribution in [0, 0.1) is 29.1 Å². The number of ether oxygens (including phenoxy) is 1. The molecule has 8 heteroatoms. The van der Waals surface area contributed by atoms with Crippen molar-refractivity contribution in [3.8, 4) is 5.75 Å². The topological polar surface area (TPSA) is 42.1 Å². The molecule has 2 rings (SSSR count). The van der Waals surface area contributed by atoms with E-state index < -0.39 is 40.8 Å². The molecule has 0 bridgehead atoms. The molecule has 0 fully saturated rings. The Kier molecular flexibility index (Phi) is 3.24. The lowest BCUT2D eigenvalue weighted by molar-refractivity contribution is 0.0710. The number of carbonyl (C=O) groups is 1. The molecule has 0 radical (unpaired) electrons. The summed E-state index contributed by atoms with van der Waals surface area (Å²) >= 11 is 0. The Morgan fingerprint density at radius 3 is 1.95 bits per heavy atom. The maximum atomic E-state index is 13.2. The van der Waals surface area contributed by atoms with Gasteiger partial charge in [0.1, 0.15) is 5.69 Å². The average molecular weight is 277 g/mol. The van der Waals surface area contributed by atoms with Crippen LogP contribution in [0.1, 0.15) is 10.5 Å². The van der Waals surface area contributed by atoms with Gasteiger partial charge in [0.15, 0.2) is 0 Å². The summed E-state index contributed by atoms with van der Waals surface area (Å²) in [6, 6.07) is 2.59. The van der Waals surface area contributed by atoms with Gasteiger partial charge in [-0.25, -0.2) is 18.0 Å². The van der Waals surface area contributed by atoms with Crippen LogP contribution in [-0.4, -0.2) is 11.0 Å². The van der Waals surface area contributed by atoms with Crippen molar-refractivity contribution in [1.29, 1.82) is 0 Å². The van der Waals surface area contributed by atoms with Gasteiger partial charge in [0.25, 0.3) is 0 Å². The van der Waals surface area contributed by atoms with E-state index in [9.17, 15) is 26.7 Å². The highest BCUT2D eigenvalue weighted by atomic mass is 19.2. The number of benzene rings is 1. The lowest BCUT2D eigenvalue weighted by atomic mass is 10.2. The molecule has 19 heavy (non-hydrogen) atoms. The number of aromatic amines is 1. The van der Waals surface area contributed by atoms with Gasteiger partial charge >= 0.3 is 5.97 Å². The third-order valence-electron chi connectivity index (χ3n) is 2.18. The van der Waals surface area contributed by atoms with Crippen LogP contribution in [0.5, 0.6) is 5.75 Å². The summed E-state index contributed by atoms with van der Waals surface area (Å²) in [5.74, 6) is -14.0. The molecule has 0 aliphatic rings. The Morgan fingerprint density at radius 2 is 1.47 bits per heavy atom. The summed E-state index contributed by atoms with van der Waals surface area (Å²) in [6.45, 7) is 0. The molecule has 0 saturated heterocycles. The van der Waals surface area contributed by atoms with Gasteiger partial charge in [-0.15, -0.1) is 0 Å². The number of hydrogen-bond acceptors (Lipinski definition) is 2. The average Bonchev–Trinajstić information content (AvgIpc) is 2.93. The summed E-state index contributed by atoms with van der Waals surface area (Å²) < 4.78 is 69.0. The SMILES string of the molecule is O=C(Oc1c(F)c(F)c(F)c(F)c1F)c1ccc[nH]1. The van der Waals surface area contributed by atoms with Gasteiger partial charge in [-0.05, 0) is 12.1 Å². The normalized spacial score (nSPS) is 10.6. The van der Waals surface area contributed by atoms with E-state index in [0.29, 0.717) is 0 Å². The molecule has 1 aromatic heterocycles. The zero-order valence-corrected chi connectivity index (χ0v) is 8.94. The van der Waals surface area contributed by atoms with E-state index in [1.807, 2.05) is 0 Å². The minimum Gasteiger partial charge on any atom is -0.415 e. The Balaban J connectivity index is 2.44. The summed E-state index contributed by atoms with van der Waals surface area (Å²) in [5, 5.41) is 0. The highest BCUT2D eigenvalue weighted by Gasteiger charge is 2.28. The summed E-state index contributed by atoms with van der Waals surface area (Å²) in [4.78, 5) is 13.7. The van der Waals surface area contributed by atoms with E-state index in [2.05, 4.69) is 9.72 Å². The summed E-state index contributed by atoms with van der Waals surface area (Å²) in [7, 11) is 0. The molecular weight excluding hydrogens is 273 g/mol. The molecule has 0 unspecified atom stereocenters. The fraction of sp³-hybridized carbons (Fsp3) is 0. The first-order valence-corrected chi connectivity index (χ1v) is 4.80. The molecule has 1 heterocycles. The fourth-order valence-electron chi connectivity index (χ4n) is 1.28. The summed E-state index contributed by atoms with van der Waals surface area (Å²) in [5.41, 5.74) is -0.205. The molecule has 1 aromatic carbocycles. The molecule has 0 saturated carbocycles. The van der Waals surface area contributed by atoms with Crippen LogP contribution in [0.25, 0.3) is 0 Å². The first kappa shape index (κ1) is 13.1.